The second-order valence-corrected chi connectivity index (χ2v) is 9.29. The molecule has 0 aliphatic carbocycles. The Morgan fingerprint density at radius 2 is 2.00 bits per heavy atom. The number of rotatable bonds is 2. The van der Waals surface area contributed by atoms with E-state index in [9.17, 15) is 0 Å². The summed E-state index contributed by atoms with van der Waals surface area (Å²) < 4.78 is 5.26. The van der Waals surface area contributed by atoms with Gasteiger partial charge in [0.1, 0.15) is 10.9 Å². The molecule has 1 aromatic rings. The summed E-state index contributed by atoms with van der Waals surface area (Å²) in [5.41, 5.74) is 0. The zero-order valence-electron chi connectivity index (χ0n) is 8.39. The lowest BCUT2D eigenvalue weighted by molar-refractivity contribution is 0.417. The lowest BCUT2D eigenvalue weighted by Gasteiger charge is -2.20. The standard InChI is InChI=1S/C9H14ClNOSi/c1-12-7-5-6-11-9(10)8(7)13(2,3)4/h5-6H,1-4H3. The van der Waals surface area contributed by atoms with Crippen LogP contribution in [0.5, 0.6) is 5.75 Å². The minimum Gasteiger partial charge on any atom is -0.497 e. The Bertz CT molecular complexity index is 309. The molecule has 0 radical (unpaired) electrons. The fraction of sp³-hybridized carbons (Fsp3) is 0.444. The molecule has 4 heteroatoms. The molecule has 0 saturated carbocycles. The Labute approximate surface area is 84.9 Å². The molecular weight excluding hydrogens is 202 g/mol. The highest BCUT2D eigenvalue weighted by atomic mass is 35.5. The number of pyridine rings is 1. The Kier molecular flexibility index (Phi) is 2.98. The predicted molar refractivity (Wildman–Crippen MR) is 58.8 cm³/mol. The average Bonchev–Trinajstić information content (AvgIpc) is 2.01. The molecule has 1 rings (SSSR count). The molecule has 13 heavy (non-hydrogen) atoms. The first-order valence-electron chi connectivity index (χ1n) is 4.16. The SMILES string of the molecule is COc1ccnc(Cl)c1[Si](C)(C)C. The molecule has 1 heterocycles. The first kappa shape index (κ1) is 10.5. The lowest BCUT2D eigenvalue weighted by atomic mass is 10.4. The first-order chi connectivity index (χ1) is 5.96. The molecule has 0 spiro atoms. The molecule has 0 aliphatic heterocycles. The Morgan fingerprint density at radius 3 is 2.38 bits per heavy atom. The van der Waals surface area contributed by atoms with Crippen LogP contribution in [0, 0.1) is 0 Å². The number of halogens is 1. The maximum atomic E-state index is 6.04. The van der Waals surface area contributed by atoms with Crippen LogP contribution in [0.25, 0.3) is 0 Å². The highest BCUT2D eigenvalue weighted by Gasteiger charge is 2.24. The van der Waals surface area contributed by atoms with Crippen LogP contribution < -0.4 is 9.92 Å². The highest BCUT2D eigenvalue weighted by molar-refractivity contribution is 6.90. The van der Waals surface area contributed by atoms with E-state index < -0.39 is 8.07 Å². The fourth-order valence-corrected chi connectivity index (χ4v) is 3.88. The van der Waals surface area contributed by atoms with E-state index >= 15 is 0 Å². The quantitative estimate of drug-likeness (QED) is 0.558. The van der Waals surface area contributed by atoms with Crippen LogP contribution in [0.2, 0.25) is 24.8 Å². The lowest BCUT2D eigenvalue weighted by Crippen LogP contribution is -2.39. The number of nitrogens with zero attached hydrogens (tertiary/aromatic N) is 1. The largest absolute Gasteiger partial charge is 0.497 e. The van der Waals surface area contributed by atoms with E-state index in [-0.39, 0.29) is 0 Å². The van der Waals surface area contributed by atoms with Crippen molar-refractivity contribution < 1.29 is 4.74 Å². The van der Waals surface area contributed by atoms with E-state index in [1.165, 1.54) is 0 Å². The number of methoxy groups -OCH3 is 1. The van der Waals surface area contributed by atoms with Crippen LogP contribution in [-0.4, -0.2) is 20.2 Å². The average molecular weight is 216 g/mol. The molecule has 0 saturated heterocycles. The second-order valence-electron chi connectivity index (χ2n) is 3.93. The van der Waals surface area contributed by atoms with E-state index in [0.29, 0.717) is 5.15 Å². The summed E-state index contributed by atoms with van der Waals surface area (Å²) in [5, 5.41) is 1.68. The van der Waals surface area contributed by atoms with Crippen molar-refractivity contribution in [3.8, 4) is 5.75 Å². The number of ether oxygens (including phenoxy) is 1. The third kappa shape index (κ3) is 2.23. The van der Waals surface area contributed by atoms with E-state index in [1.807, 2.05) is 6.07 Å². The highest BCUT2D eigenvalue weighted by Crippen LogP contribution is 2.18. The smallest absolute Gasteiger partial charge is 0.131 e. The summed E-state index contributed by atoms with van der Waals surface area (Å²) in [7, 11) is 0.199. The number of hydrogen-bond acceptors (Lipinski definition) is 2. The molecule has 0 aliphatic rings. The van der Waals surface area contributed by atoms with Gasteiger partial charge in [0.15, 0.2) is 0 Å². The van der Waals surface area contributed by atoms with Crippen molar-refractivity contribution >= 4 is 24.9 Å². The molecular formula is C9H14ClNOSi. The van der Waals surface area contributed by atoms with Crippen molar-refractivity contribution in [2.24, 2.45) is 0 Å². The molecule has 0 bridgehead atoms. The molecule has 72 valence electrons. The molecule has 1 aromatic heterocycles. The topological polar surface area (TPSA) is 22.1 Å². The van der Waals surface area contributed by atoms with Gasteiger partial charge in [0.25, 0.3) is 0 Å². The van der Waals surface area contributed by atoms with E-state index in [4.69, 9.17) is 16.3 Å². The van der Waals surface area contributed by atoms with Gasteiger partial charge in [-0.3, -0.25) is 0 Å². The van der Waals surface area contributed by atoms with E-state index in [0.717, 1.165) is 10.9 Å². The van der Waals surface area contributed by atoms with Crippen LogP contribution in [-0.2, 0) is 0 Å². The van der Waals surface area contributed by atoms with Crippen LogP contribution in [0.1, 0.15) is 0 Å². The zero-order chi connectivity index (χ0) is 10.1. The Morgan fingerprint density at radius 1 is 1.38 bits per heavy atom. The van der Waals surface area contributed by atoms with Gasteiger partial charge in [0.2, 0.25) is 0 Å². The molecule has 0 fully saturated rings. The van der Waals surface area contributed by atoms with Gasteiger partial charge < -0.3 is 4.74 Å². The summed E-state index contributed by atoms with van der Waals surface area (Å²) in [5.74, 6) is 0.860. The van der Waals surface area contributed by atoms with Gasteiger partial charge in [0, 0.05) is 11.4 Å². The molecule has 0 N–H and O–H groups in total. The zero-order valence-corrected chi connectivity index (χ0v) is 10.1. The van der Waals surface area contributed by atoms with Crippen molar-refractivity contribution in [1.29, 1.82) is 0 Å². The van der Waals surface area contributed by atoms with Gasteiger partial charge in [-0.15, -0.1) is 0 Å². The minimum atomic E-state index is -1.46. The van der Waals surface area contributed by atoms with Gasteiger partial charge in [-0.05, 0) is 6.07 Å². The molecule has 0 amide bonds. The summed E-state index contributed by atoms with van der Waals surface area (Å²) in [6.07, 6.45) is 1.67. The van der Waals surface area contributed by atoms with E-state index in [1.54, 1.807) is 13.3 Å². The maximum absolute atomic E-state index is 6.04. The van der Waals surface area contributed by atoms with Gasteiger partial charge in [-0.1, -0.05) is 31.2 Å². The molecule has 0 unspecified atom stereocenters. The summed E-state index contributed by atoms with van der Waals surface area (Å²) >= 11 is 6.04. The monoisotopic (exact) mass is 215 g/mol. The van der Waals surface area contributed by atoms with Gasteiger partial charge in [0.05, 0.1) is 15.2 Å². The predicted octanol–water partition coefficient (Wildman–Crippen LogP) is 2.29. The third-order valence-corrected chi connectivity index (χ3v) is 4.26. The minimum absolute atomic E-state index is 0.582. The van der Waals surface area contributed by atoms with E-state index in [2.05, 4.69) is 24.6 Å². The fourth-order valence-electron chi connectivity index (χ4n) is 1.27. The van der Waals surface area contributed by atoms with Crippen molar-refractivity contribution in [3.05, 3.63) is 17.4 Å². The Hall–Kier alpha value is -0.543. The van der Waals surface area contributed by atoms with Gasteiger partial charge >= 0.3 is 0 Å². The van der Waals surface area contributed by atoms with Crippen molar-refractivity contribution in [1.82, 2.24) is 4.98 Å². The second kappa shape index (κ2) is 3.68. The summed E-state index contributed by atoms with van der Waals surface area (Å²) in [6.45, 7) is 6.66. The molecule has 0 atom stereocenters. The summed E-state index contributed by atoms with van der Waals surface area (Å²) in [4.78, 5) is 4.07. The van der Waals surface area contributed by atoms with Crippen LogP contribution in [0.15, 0.2) is 12.3 Å². The third-order valence-electron chi connectivity index (χ3n) is 1.84. The molecule has 0 aromatic carbocycles. The van der Waals surface area contributed by atoms with Crippen molar-refractivity contribution in [2.75, 3.05) is 7.11 Å². The van der Waals surface area contributed by atoms with Crippen LogP contribution in [0.3, 0.4) is 0 Å². The number of aromatic nitrogens is 1. The normalized spacial score (nSPS) is 11.5. The van der Waals surface area contributed by atoms with Crippen LogP contribution >= 0.6 is 11.6 Å². The maximum Gasteiger partial charge on any atom is 0.131 e. The van der Waals surface area contributed by atoms with Crippen molar-refractivity contribution in [3.63, 3.8) is 0 Å². The van der Waals surface area contributed by atoms with Gasteiger partial charge in [-0.2, -0.15) is 0 Å². The first-order valence-corrected chi connectivity index (χ1v) is 8.03. The van der Waals surface area contributed by atoms with Gasteiger partial charge in [-0.25, -0.2) is 4.98 Å². The van der Waals surface area contributed by atoms with Crippen LogP contribution in [0.4, 0.5) is 0 Å². The molecule has 2 nitrogen and oxygen atoms in total. The number of hydrogen-bond donors (Lipinski definition) is 0. The summed E-state index contributed by atoms with van der Waals surface area (Å²) in [6, 6.07) is 1.86. The Balaban J connectivity index is 3.32. The van der Waals surface area contributed by atoms with Crippen molar-refractivity contribution in [2.45, 2.75) is 19.6 Å².